The third-order valence-electron chi connectivity index (χ3n) is 1.66. The molecule has 1 aromatic rings. The van der Waals surface area contributed by atoms with Gasteiger partial charge >= 0.3 is 6.01 Å². The third kappa shape index (κ3) is 2.57. The van der Waals surface area contributed by atoms with E-state index in [-0.39, 0.29) is 0 Å². The number of nitrogens with one attached hydrogen (secondary N) is 1. The van der Waals surface area contributed by atoms with Gasteiger partial charge in [-0.2, -0.15) is 0 Å². The van der Waals surface area contributed by atoms with Crippen molar-refractivity contribution in [3.63, 3.8) is 0 Å². The molecule has 4 heteroatoms. The van der Waals surface area contributed by atoms with Crippen LogP contribution in [0.15, 0.2) is 10.8 Å². The zero-order valence-corrected chi connectivity index (χ0v) is 6.87. The first-order chi connectivity index (χ1) is 5.33. The number of aromatic nitrogens is 2. The summed E-state index contributed by atoms with van der Waals surface area (Å²) in [7, 11) is 0. The van der Waals surface area contributed by atoms with E-state index in [0.29, 0.717) is 11.9 Å². The summed E-state index contributed by atoms with van der Waals surface area (Å²) in [5.41, 5.74) is 0. The van der Waals surface area contributed by atoms with Crippen molar-refractivity contribution in [2.24, 2.45) is 5.92 Å². The highest BCUT2D eigenvalue weighted by molar-refractivity contribution is 5.14. The Morgan fingerprint density at radius 3 is 3.09 bits per heavy atom. The molecule has 4 nitrogen and oxygen atoms in total. The fourth-order valence-electron chi connectivity index (χ4n) is 0.656. The van der Waals surface area contributed by atoms with E-state index in [1.807, 2.05) is 0 Å². The van der Waals surface area contributed by atoms with Gasteiger partial charge in [-0.25, -0.2) is 0 Å². The van der Waals surface area contributed by atoms with Crippen molar-refractivity contribution in [2.45, 2.75) is 20.3 Å². The second kappa shape index (κ2) is 3.95. The summed E-state index contributed by atoms with van der Waals surface area (Å²) in [6.07, 6.45) is 2.47. The van der Waals surface area contributed by atoms with E-state index in [0.717, 1.165) is 13.0 Å². The number of anilines is 1. The summed E-state index contributed by atoms with van der Waals surface area (Å²) in [5.74, 6) is 0.641. The van der Waals surface area contributed by atoms with Crippen LogP contribution in [0.25, 0.3) is 0 Å². The molecule has 1 aromatic heterocycles. The van der Waals surface area contributed by atoms with Crippen LogP contribution in [0, 0.1) is 5.92 Å². The van der Waals surface area contributed by atoms with Crippen LogP contribution >= 0.6 is 0 Å². The lowest BCUT2D eigenvalue weighted by atomic mass is 10.1. The Labute approximate surface area is 66.0 Å². The first-order valence-electron chi connectivity index (χ1n) is 3.83. The van der Waals surface area contributed by atoms with Crippen molar-refractivity contribution < 1.29 is 4.42 Å². The monoisotopic (exact) mass is 155 g/mol. The van der Waals surface area contributed by atoms with Gasteiger partial charge in [0.15, 0.2) is 0 Å². The lowest BCUT2D eigenvalue weighted by molar-refractivity contribution is 0.541. The maximum Gasteiger partial charge on any atom is 0.315 e. The Hall–Kier alpha value is -1.06. The van der Waals surface area contributed by atoms with Crippen LogP contribution in [0.2, 0.25) is 0 Å². The Morgan fingerprint density at radius 2 is 2.55 bits per heavy atom. The molecule has 0 aliphatic heterocycles. The average molecular weight is 155 g/mol. The van der Waals surface area contributed by atoms with E-state index >= 15 is 0 Å². The zero-order valence-electron chi connectivity index (χ0n) is 6.87. The molecule has 0 radical (unpaired) electrons. The highest BCUT2D eigenvalue weighted by Gasteiger charge is 2.00. The summed E-state index contributed by atoms with van der Waals surface area (Å²) in [5, 5.41) is 10.3. The van der Waals surface area contributed by atoms with Crippen LogP contribution in [0.4, 0.5) is 6.01 Å². The molecule has 0 fully saturated rings. The Balaban J connectivity index is 2.23. The Morgan fingerprint density at radius 1 is 1.73 bits per heavy atom. The van der Waals surface area contributed by atoms with Crippen molar-refractivity contribution >= 4 is 6.01 Å². The molecule has 0 bridgehead atoms. The first-order valence-corrected chi connectivity index (χ1v) is 3.83. The van der Waals surface area contributed by atoms with Crippen LogP contribution in [0.5, 0.6) is 0 Å². The minimum atomic E-state index is 0.505. The van der Waals surface area contributed by atoms with Crippen LogP contribution in [0.1, 0.15) is 20.3 Å². The van der Waals surface area contributed by atoms with E-state index in [4.69, 9.17) is 4.42 Å². The fraction of sp³-hybridized carbons (Fsp3) is 0.714. The summed E-state index contributed by atoms with van der Waals surface area (Å²) in [4.78, 5) is 0. The van der Waals surface area contributed by atoms with Gasteiger partial charge in [0.25, 0.3) is 0 Å². The largest absolute Gasteiger partial charge is 0.411 e. The molecule has 62 valence electrons. The minimum Gasteiger partial charge on any atom is -0.411 e. The first kappa shape index (κ1) is 8.04. The lowest BCUT2D eigenvalue weighted by Gasteiger charge is -2.06. The Bertz CT molecular complexity index is 186. The fourth-order valence-corrected chi connectivity index (χ4v) is 0.656. The van der Waals surface area contributed by atoms with Crippen molar-refractivity contribution in [1.82, 2.24) is 10.2 Å². The molecular weight excluding hydrogens is 142 g/mol. The lowest BCUT2D eigenvalue weighted by Crippen LogP contribution is -2.10. The smallest absolute Gasteiger partial charge is 0.315 e. The molecule has 0 saturated carbocycles. The van der Waals surface area contributed by atoms with Crippen molar-refractivity contribution in [2.75, 3.05) is 11.9 Å². The van der Waals surface area contributed by atoms with Crippen LogP contribution in [-0.4, -0.2) is 16.7 Å². The van der Waals surface area contributed by atoms with E-state index in [1.54, 1.807) is 0 Å². The molecule has 0 amide bonds. The average Bonchev–Trinajstić information content (AvgIpc) is 2.52. The highest BCUT2D eigenvalue weighted by atomic mass is 16.4. The van der Waals surface area contributed by atoms with Gasteiger partial charge in [0.1, 0.15) is 0 Å². The van der Waals surface area contributed by atoms with Crippen LogP contribution in [-0.2, 0) is 0 Å². The van der Waals surface area contributed by atoms with Gasteiger partial charge in [0, 0.05) is 6.54 Å². The maximum absolute atomic E-state index is 4.90. The second-order valence-electron chi connectivity index (χ2n) is 2.64. The van der Waals surface area contributed by atoms with E-state index in [1.165, 1.54) is 6.39 Å². The SMILES string of the molecule is CCC(C)CNc1nnco1. The summed E-state index contributed by atoms with van der Waals surface area (Å²) in [6.45, 7) is 5.21. The summed E-state index contributed by atoms with van der Waals surface area (Å²) < 4.78 is 4.90. The third-order valence-corrected chi connectivity index (χ3v) is 1.66. The number of nitrogens with zero attached hydrogens (tertiary/aromatic N) is 2. The minimum absolute atomic E-state index is 0.505. The summed E-state index contributed by atoms with van der Waals surface area (Å²) in [6, 6.07) is 0.505. The van der Waals surface area contributed by atoms with Gasteiger partial charge in [-0.05, 0) is 5.92 Å². The molecule has 0 aromatic carbocycles. The normalized spacial score (nSPS) is 12.9. The number of hydrogen-bond donors (Lipinski definition) is 1. The van der Waals surface area contributed by atoms with Gasteiger partial charge in [-0.3, -0.25) is 0 Å². The summed E-state index contributed by atoms with van der Waals surface area (Å²) >= 11 is 0. The van der Waals surface area contributed by atoms with Crippen LogP contribution in [0.3, 0.4) is 0 Å². The molecule has 0 spiro atoms. The number of hydrogen-bond acceptors (Lipinski definition) is 4. The quantitative estimate of drug-likeness (QED) is 0.716. The van der Waals surface area contributed by atoms with Gasteiger partial charge in [-0.15, -0.1) is 5.10 Å². The molecule has 0 saturated heterocycles. The predicted octanol–water partition coefficient (Wildman–Crippen LogP) is 1.53. The Kier molecular flexibility index (Phi) is 2.89. The van der Waals surface area contributed by atoms with Crippen molar-refractivity contribution in [1.29, 1.82) is 0 Å². The van der Waals surface area contributed by atoms with E-state index in [2.05, 4.69) is 29.4 Å². The van der Waals surface area contributed by atoms with E-state index < -0.39 is 0 Å². The zero-order chi connectivity index (χ0) is 8.10. The van der Waals surface area contributed by atoms with Gasteiger partial charge in [0.2, 0.25) is 6.39 Å². The molecule has 0 aliphatic rings. The van der Waals surface area contributed by atoms with Gasteiger partial charge in [-0.1, -0.05) is 25.4 Å². The molecular formula is C7H13N3O. The standard InChI is InChI=1S/C7H13N3O/c1-3-6(2)4-8-7-10-9-5-11-7/h5-6H,3-4H2,1-2H3,(H,8,10). The van der Waals surface area contributed by atoms with Crippen LogP contribution < -0.4 is 5.32 Å². The predicted molar refractivity (Wildman–Crippen MR) is 42.2 cm³/mol. The van der Waals surface area contributed by atoms with Gasteiger partial charge < -0.3 is 9.73 Å². The second-order valence-corrected chi connectivity index (χ2v) is 2.64. The van der Waals surface area contributed by atoms with E-state index in [9.17, 15) is 0 Å². The molecule has 1 atom stereocenters. The topological polar surface area (TPSA) is 51.0 Å². The van der Waals surface area contributed by atoms with Gasteiger partial charge in [0.05, 0.1) is 0 Å². The molecule has 11 heavy (non-hydrogen) atoms. The molecule has 1 N–H and O–H groups in total. The molecule has 1 heterocycles. The molecule has 1 unspecified atom stereocenters. The maximum atomic E-state index is 4.90. The number of rotatable bonds is 4. The molecule has 1 rings (SSSR count). The van der Waals surface area contributed by atoms with Crippen molar-refractivity contribution in [3.05, 3.63) is 6.39 Å². The molecule has 0 aliphatic carbocycles. The van der Waals surface area contributed by atoms with Crippen molar-refractivity contribution in [3.8, 4) is 0 Å². The highest BCUT2D eigenvalue weighted by Crippen LogP contribution is 2.03.